The summed E-state index contributed by atoms with van der Waals surface area (Å²) in [6.45, 7) is 2.40. The Bertz CT molecular complexity index is 3500. The average molecular weight is 802 g/mol. The van der Waals surface area contributed by atoms with Crippen LogP contribution in [0.2, 0.25) is 0 Å². The van der Waals surface area contributed by atoms with E-state index >= 15 is 0 Å². The molecule has 0 aromatic heterocycles. The van der Waals surface area contributed by atoms with Gasteiger partial charge in [-0.3, -0.25) is 0 Å². The second-order valence-corrected chi connectivity index (χ2v) is 17.0. The zero-order valence-electron chi connectivity index (χ0n) is 35.0. The minimum Gasteiger partial charge on any atom is -0.310 e. The molecule has 0 spiro atoms. The van der Waals surface area contributed by atoms with E-state index in [1.807, 2.05) is 0 Å². The molecular formula is C62H43N. The molecular weight excluding hydrogens is 759 g/mol. The number of benzene rings is 11. The lowest BCUT2D eigenvalue weighted by molar-refractivity contribution is 0.714. The molecule has 0 saturated carbocycles. The summed E-state index contributed by atoms with van der Waals surface area (Å²) in [7, 11) is 0. The molecule has 0 saturated heterocycles. The molecule has 11 aromatic carbocycles. The fourth-order valence-corrected chi connectivity index (χ4v) is 10.4. The van der Waals surface area contributed by atoms with E-state index in [0.29, 0.717) is 0 Å². The fourth-order valence-electron chi connectivity index (χ4n) is 10.4. The summed E-state index contributed by atoms with van der Waals surface area (Å²) in [6.07, 6.45) is 0. The van der Waals surface area contributed by atoms with Gasteiger partial charge >= 0.3 is 0 Å². The van der Waals surface area contributed by atoms with Crippen molar-refractivity contribution >= 4 is 49.4 Å². The van der Waals surface area contributed by atoms with Crippen LogP contribution in [0.15, 0.2) is 243 Å². The number of nitrogens with zero attached hydrogens (tertiary/aromatic N) is 1. The third kappa shape index (κ3) is 6.00. The molecule has 11 aromatic rings. The van der Waals surface area contributed by atoms with E-state index in [1.165, 1.54) is 93.5 Å². The Morgan fingerprint density at radius 1 is 0.302 bits per heavy atom. The molecule has 1 nitrogen and oxygen atoms in total. The minimum absolute atomic E-state index is 0.331. The van der Waals surface area contributed by atoms with Crippen LogP contribution < -0.4 is 4.90 Å². The van der Waals surface area contributed by atoms with Crippen LogP contribution in [-0.4, -0.2) is 0 Å². The van der Waals surface area contributed by atoms with Crippen LogP contribution in [0.1, 0.15) is 23.6 Å². The van der Waals surface area contributed by atoms with Crippen molar-refractivity contribution in [3.63, 3.8) is 0 Å². The van der Waals surface area contributed by atoms with Crippen LogP contribution in [0.4, 0.5) is 17.1 Å². The Morgan fingerprint density at radius 3 is 1.57 bits per heavy atom. The topological polar surface area (TPSA) is 3.24 Å². The normalized spacial score (nSPS) is 14.2. The van der Waals surface area contributed by atoms with E-state index < -0.39 is 0 Å². The third-order valence-electron chi connectivity index (χ3n) is 13.5. The van der Waals surface area contributed by atoms with Gasteiger partial charge in [-0.2, -0.15) is 0 Å². The van der Waals surface area contributed by atoms with Gasteiger partial charge < -0.3 is 4.90 Å². The monoisotopic (exact) mass is 801 g/mol. The molecule has 1 heteroatoms. The Hall–Kier alpha value is -8.00. The van der Waals surface area contributed by atoms with Gasteiger partial charge in [0, 0.05) is 22.5 Å². The SMILES string of the molecule is CC1(c2ccccc2)c2ccccc2-c2ccc(N(c3ccc(-c4ccc5ccccc5c4)cc3)c3ccc4c(c3)c(-c3ccccc3)c(-c3ccccc3)c3ccccc34)cc21. The van der Waals surface area contributed by atoms with Gasteiger partial charge in [0.05, 0.1) is 0 Å². The lowest BCUT2D eigenvalue weighted by atomic mass is 9.74. The fraction of sp³-hybridized carbons (Fsp3) is 0.0323. The highest BCUT2D eigenvalue weighted by molar-refractivity contribution is 6.22. The van der Waals surface area contributed by atoms with E-state index in [9.17, 15) is 0 Å². The molecule has 296 valence electrons. The van der Waals surface area contributed by atoms with Gasteiger partial charge in [0.1, 0.15) is 0 Å². The van der Waals surface area contributed by atoms with Gasteiger partial charge in [-0.15, -0.1) is 0 Å². The number of hydrogen-bond acceptors (Lipinski definition) is 1. The summed E-state index contributed by atoms with van der Waals surface area (Å²) in [6, 6.07) is 89.5. The molecule has 12 rings (SSSR count). The maximum Gasteiger partial charge on any atom is 0.0468 e. The molecule has 1 unspecified atom stereocenters. The van der Waals surface area contributed by atoms with Crippen LogP contribution in [0.5, 0.6) is 0 Å². The Kier molecular flexibility index (Phi) is 8.69. The van der Waals surface area contributed by atoms with Gasteiger partial charge in [-0.05, 0) is 143 Å². The van der Waals surface area contributed by atoms with E-state index in [1.54, 1.807) is 0 Å². The van der Waals surface area contributed by atoms with E-state index in [0.717, 1.165) is 17.1 Å². The first kappa shape index (κ1) is 36.8. The molecule has 0 amide bonds. The summed E-state index contributed by atoms with van der Waals surface area (Å²) in [5, 5.41) is 7.45. The van der Waals surface area contributed by atoms with Gasteiger partial charge in [0.2, 0.25) is 0 Å². The van der Waals surface area contributed by atoms with E-state index in [-0.39, 0.29) is 5.41 Å². The highest BCUT2D eigenvalue weighted by atomic mass is 15.1. The molecule has 1 aliphatic carbocycles. The van der Waals surface area contributed by atoms with Crippen LogP contribution in [0, 0.1) is 0 Å². The molecule has 0 bridgehead atoms. The first-order valence-electron chi connectivity index (χ1n) is 21.9. The Balaban J connectivity index is 1.11. The summed E-state index contributed by atoms with van der Waals surface area (Å²) in [5.41, 5.74) is 16.8. The van der Waals surface area contributed by atoms with E-state index in [2.05, 4.69) is 254 Å². The van der Waals surface area contributed by atoms with Crippen LogP contribution in [-0.2, 0) is 5.41 Å². The number of hydrogen-bond donors (Lipinski definition) is 0. The highest BCUT2D eigenvalue weighted by Gasteiger charge is 2.41. The smallest absolute Gasteiger partial charge is 0.0468 e. The summed E-state index contributed by atoms with van der Waals surface area (Å²) in [4.78, 5) is 2.46. The molecule has 0 fully saturated rings. The van der Waals surface area contributed by atoms with Gasteiger partial charge in [-0.1, -0.05) is 200 Å². The standard InChI is InChI=1S/C62H43N/c1-62(48-23-9-4-10-24-48)58-28-16-15-26-54(58)55-38-36-51(41-59(55)62)63(49-33-31-43(32-34-49)47-30-29-42-17-11-12-22-46(42)39-47)50-35-37-53-52-25-13-14-27-56(52)60(44-18-5-2-6-19-44)61(57(53)40-50)45-20-7-3-8-21-45/h2-41H,1H3. The lowest BCUT2D eigenvalue weighted by Gasteiger charge is -2.31. The van der Waals surface area contributed by atoms with Crippen molar-refractivity contribution < 1.29 is 0 Å². The molecule has 1 aliphatic rings. The number of anilines is 3. The average Bonchev–Trinajstić information content (AvgIpc) is 3.62. The van der Waals surface area contributed by atoms with Crippen molar-refractivity contribution in [3.05, 3.63) is 259 Å². The Morgan fingerprint density at radius 2 is 0.825 bits per heavy atom. The highest BCUT2D eigenvalue weighted by Crippen LogP contribution is 2.54. The Labute approximate surface area is 368 Å². The van der Waals surface area contributed by atoms with Crippen molar-refractivity contribution in [2.24, 2.45) is 0 Å². The second kappa shape index (κ2) is 14.9. The number of rotatable bonds is 7. The van der Waals surface area contributed by atoms with Crippen molar-refractivity contribution in [1.29, 1.82) is 0 Å². The summed E-state index contributed by atoms with van der Waals surface area (Å²) in [5.74, 6) is 0. The molecule has 0 heterocycles. The molecule has 1 atom stereocenters. The quantitative estimate of drug-likeness (QED) is 0.145. The zero-order valence-corrected chi connectivity index (χ0v) is 35.0. The van der Waals surface area contributed by atoms with Crippen LogP contribution in [0.3, 0.4) is 0 Å². The van der Waals surface area contributed by atoms with Crippen molar-refractivity contribution in [3.8, 4) is 44.5 Å². The predicted molar refractivity (Wildman–Crippen MR) is 267 cm³/mol. The summed E-state index contributed by atoms with van der Waals surface area (Å²) >= 11 is 0. The molecule has 0 N–H and O–H groups in total. The van der Waals surface area contributed by atoms with Crippen LogP contribution >= 0.6 is 0 Å². The molecule has 63 heavy (non-hydrogen) atoms. The van der Waals surface area contributed by atoms with E-state index in [4.69, 9.17) is 0 Å². The van der Waals surface area contributed by atoms with Gasteiger partial charge in [0.25, 0.3) is 0 Å². The first-order valence-corrected chi connectivity index (χ1v) is 21.9. The maximum atomic E-state index is 2.46. The first-order chi connectivity index (χ1) is 31.1. The van der Waals surface area contributed by atoms with Crippen LogP contribution in [0.25, 0.3) is 76.8 Å². The van der Waals surface area contributed by atoms with Crippen molar-refractivity contribution in [1.82, 2.24) is 0 Å². The second-order valence-electron chi connectivity index (χ2n) is 17.0. The van der Waals surface area contributed by atoms with Gasteiger partial charge in [-0.25, -0.2) is 0 Å². The number of fused-ring (bicyclic) bond motifs is 7. The minimum atomic E-state index is -0.331. The predicted octanol–water partition coefficient (Wildman–Crippen LogP) is 17.0. The maximum absolute atomic E-state index is 2.46. The molecule has 0 aliphatic heterocycles. The van der Waals surface area contributed by atoms with Crippen molar-refractivity contribution in [2.45, 2.75) is 12.3 Å². The zero-order chi connectivity index (χ0) is 41.9. The largest absolute Gasteiger partial charge is 0.310 e. The molecule has 0 radical (unpaired) electrons. The summed E-state index contributed by atoms with van der Waals surface area (Å²) < 4.78 is 0. The van der Waals surface area contributed by atoms with Crippen molar-refractivity contribution in [2.75, 3.05) is 4.90 Å². The lowest BCUT2D eigenvalue weighted by Crippen LogP contribution is -2.22. The van der Waals surface area contributed by atoms with Gasteiger partial charge in [0.15, 0.2) is 0 Å². The third-order valence-corrected chi connectivity index (χ3v) is 13.5.